The van der Waals surface area contributed by atoms with Crippen molar-refractivity contribution in [2.24, 2.45) is 0 Å². The van der Waals surface area contributed by atoms with Crippen LogP contribution in [0.3, 0.4) is 0 Å². The first-order chi connectivity index (χ1) is 7.61. The lowest BCUT2D eigenvalue weighted by atomic mass is 9.96. The van der Waals surface area contributed by atoms with Gasteiger partial charge in [0.05, 0.1) is 19.7 Å². The van der Waals surface area contributed by atoms with Crippen LogP contribution in [-0.4, -0.2) is 47.8 Å². The Morgan fingerprint density at radius 3 is 2.41 bits per heavy atom. The Labute approximate surface area is 98.9 Å². The van der Waals surface area contributed by atoms with Gasteiger partial charge in [-0.25, -0.2) is 13.6 Å². The van der Waals surface area contributed by atoms with Gasteiger partial charge in [-0.05, 0) is 20.8 Å². The van der Waals surface area contributed by atoms with E-state index >= 15 is 0 Å². The topological polar surface area (TPSA) is 42.1 Å². The molecule has 0 aromatic rings. The standard InChI is InChI=1S/C11H17F2NO3/c1-9(2,3)17-8(15)14-5-10(7-16-10)4-11(12,13)6-14/h4-7H2,1-3H3. The number of piperidine rings is 1. The smallest absolute Gasteiger partial charge is 0.410 e. The third kappa shape index (κ3) is 3.06. The van der Waals surface area contributed by atoms with E-state index in [1.807, 2.05) is 0 Å². The molecule has 2 aliphatic rings. The molecule has 1 amide bonds. The van der Waals surface area contributed by atoms with Gasteiger partial charge >= 0.3 is 6.09 Å². The van der Waals surface area contributed by atoms with E-state index in [0.29, 0.717) is 6.61 Å². The summed E-state index contributed by atoms with van der Waals surface area (Å²) in [5, 5.41) is 0. The summed E-state index contributed by atoms with van der Waals surface area (Å²) in [4.78, 5) is 12.8. The highest BCUT2D eigenvalue weighted by Gasteiger charge is 2.58. The molecule has 0 bridgehead atoms. The summed E-state index contributed by atoms with van der Waals surface area (Å²) in [6.07, 6.45) is -1.01. The van der Waals surface area contributed by atoms with Gasteiger partial charge < -0.3 is 9.47 Å². The molecule has 2 fully saturated rings. The van der Waals surface area contributed by atoms with Crippen molar-refractivity contribution in [3.05, 3.63) is 0 Å². The molecule has 1 spiro atoms. The fourth-order valence-corrected chi connectivity index (χ4v) is 2.02. The third-order valence-electron chi connectivity index (χ3n) is 2.69. The highest BCUT2D eigenvalue weighted by Crippen LogP contribution is 2.43. The molecule has 2 saturated heterocycles. The molecule has 0 radical (unpaired) electrons. The molecule has 2 rings (SSSR count). The summed E-state index contributed by atoms with van der Waals surface area (Å²) in [5.74, 6) is -2.90. The molecule has 6 heteroatoms. The van der Waals surface area contributed by atoms with E-state index < -0.39 is 29.8 Å². The predicted octanol–water partition coefficient (Wildman–Crippen LogP) is 2.03. The van der Waals surface area contributed by atoms with E-state index in [4.69, 9.17) is 9.47 Å². The predicted molar refractivity (Wildman–Crippen MR) is 56.1 cm³/mol. The Bertz CT molecular complexity index is 328. The van der Waals surface area contributed by atoms with Crippen LogP contribution in [0.1, 0.15) is 27.2 Å². The maximum atomic E-state index is 13.5. The average Bonchev–Trinajstić information content (AvgIpc) is 2.78. The van der Waals surface area contributed by atoms with Crippen molar-refractivity contribution in [2.45, 2.75) is 44.3 Å². The molecule has 2 heterocycles. The minimum Gasteiger partial charge on any atom is -0.444 e. The molecular weight excluding hydrogens is 232 g/mol. The van der Waals surface area contributed by atoms with Crippen molar-refractivity contribution in [3.63, 3.8) is 0 Å². The molecule has 98 valence electrons. The van der Waals surface area contributed by atoms with Crippen molar-refractivity contribution in [1.82, 2.24) is 4.90 Å². The maximum Gasteiger partial charge on any atom is 0.410 e. The Kier molecular flexibility index (Phi) is 2.61. The van der Waals surface area contributed by atoms with Crippen LogP contribution in [0.25, 0.3) is 0 Å². The van der Waals surface area contributed by atoms with Gasteiger partial charge in [0.25, 0.3) is 5.92 Å². The molecule has 0 N–H and O–H groups in total. The van der Waals surface area contributed by atoms with E-state index in [1.165, 1.54) is 0 Å². The largest absolute Gasteiger partial charge is 0.444 e. The van der Waals surface area contributed by atoms with Gasteiger partial charge in [0.15, 0.2) is 0 Å². The summed E-state index contributed by atoms with van der Waals surface area (Å²) < 4.78 is 37.1. The van der Waals surface area contributed by atoms with Crippen LogP contribution in [0.5, 0.6) is 0 Å². The van der Waals surface area contributed by atoms with Crippen LogP contribution in [0.2, 0.25) is 0 Å². The Hall–Kier alpha value is -0.910. The number of epoxide rings is 1. The summed E-state index contributed by atoms with van der Waals surface area (Å²) >= 11 is 0. The first-order valence-corrected chi connectivity index (χ1v) is 5.61. The quantitative estimate of drug-likeness (QED) is 0.617. The lowest BCUT2D eigenvalue weighted by Crippen LogP contribution is -2.54. The number of ether oxygens (including phenoxy) is 2. The number of carbonyl (C=O) groups is 1. The number of nitrogens with zero attached hydrogens (tertiary/aromatic N) is 1. The Balaban J connectivity index is 2.03. The van der Waals surface area contributed by atoms with Gasteiger partial charge in [-0.3, -0.25) is 4.90 Å². The number of hydrogen-bond acceptors (Lipinski definition) is 3. The molecule has 0 aromatic carbocycles. The second kappa shape index (κ2) is 3.54. The number of halogens is 2. The van der Waals surface area contributed by atoms with Gasteiger partial charge in [0, 0.05) is 6.42 Å². The Morgan fingerprint density at radius 1 is 1.35 bits per heavy atom. The summed E-state index contributed by atoms with van der Waals surface area (Å²) in [5.41, 5.74) is -1.51. The normalized spacial score (nSPS) is 31.5. The zero-order valence-corrected chi connectivity index (χ0v) is 10.3. The number of carbonyl (C=O) groups excluding carboxylic acids is 1. The van der Waals surface area contributed by atoms with Crippen molar-refractivity contribution >= 4 is 6.09 Å². The monoisotopic (exact) mass is 249 g/mol. The van der Waals surface area contributed by atoms with Crippen molar-refractivity contribution in [3.8, 4) is 0 Å². The zero-order valence-electron chi connectivity index (χ0n) is 10.3. The van der Waals surface area contributed by atoms with Crippen LogP contribution >= 0.6 is 0 Å². The SMILES string of the molecule is CC(C)(C)OC(=O)N1CC(F)(F)CC2(CO2)C1. The van der Waals surface area contributed by atoms with Gasteiger partial charge in [0.1, 0.15) is 11.2 Å². The highest BCUT2D eigenvalue weighted by molar-refractivity contribution is 5.68. The summed E-state index contributed by atoms with van der Waals surface area (Å²) in [7, 11) is 0. The second-order valence-electron chi connectivity index (χ2n) is 5.84. The average molecular weight is 249 g/mol. The maximum absolute atomic E-state index is 13.5. The number of alkyl halides is 2. The minimum atomic E-state index is -2.90. The number of hydrogen-bond donors (Lipinski definition) is 0. The van der Waals surface area contributed by atoms with E-state index in [1.54, 1.807) is 20.8 Å². The Morgan fingerprint density at radius 2 is 1.94 bits per heavy atom. The van der Waals surface area contributed by atoms with Crippen LogP contribution in [0.15, 0.2) is 0 Å². The summed E-state index contributed by atoms with van der Waals surface area (Å²) in [6, 6.07) is 0. The second-order valence-corrected chi connectivity index (χ2v) is 5.84. The van der Waals surface area contributed by atoms with Crippen LogP contribution in [-0.2, 0) is 9.47 Å². The number of likely N-dealkylation sites (tertiary alicyclic amines) is 1. The highest BCUT2D eigenvalue weighted by atomic mass is 19.3. The molecule has 0 aliphatic carbocycles. The molecule has 1 atom stereocenters. The van der Waals surface area contributed by atoms with Gasteiger partial charge in [-0.2, -0.15) is 0 Å². The van der Waals surface area contributed by atoms with Crippen molar-refractivity contribution in [2.75, 3.05) is 19.7 Å². The molecule has 17 heavy (non-hydrogen) atoms. The van der Waals surface area contributed by atoms with Gasteiger partial charge in [0.2, 0.25) is 0 Å². The van der Waals surface area contributed by atoms with Crippen LogP contribution < -0.4 is 0 Å². The van der Waals surface area contributed by atoms with Gasteiger partial charge in [-0.1, -0.05) is 0 Å². The van der Waals surface area contributed by atoms with Crippen LogP contribution in [0, 0.1) is 0 Å². The van der Waals surface area contributed by atoms with Crippen LogP contribution in [0.4, 0.5) is 13.6 Å². The third-order valence-corrected chi connectivity index (χ3v) is 2.69. The van der Waals surface area contributed by atoms with E-state index in [-0.39, 0.29) is 13.0 Å². The molecular formula is C11H17F2NO3. The number of amides is 1. The fourth-order valence-electron chi connectivity index (χ4n) is 2.02. The van der Waals surface area contributed by atoms with E-state index in [2.05, 4.69) is 0 Å². The lowest BCUT2D eigenvalue weighted by molar-refractivity contribution is -0.0924. The summed E-state index contributed by atoms with van der Waals surface area (Å²) in [6.45, 7) is 5.01. The minimum absolute atomic E-state index is 0.192. The fraction of sp³-hybridized carbons (Fsp3) is 0.909. The molecule has 0 aromatic heterocycles. The number of rotatable bonds is 0. The van der Waals surface area contributed by atoms with Crippen molar-refractivity contribution < 1.29 is 23.0 Å². The van der Waals surface area contributed by atoms with E-state index in [9.17, 15) is 13.6 Å². The van der Waals surface area contributed by atoms with Crippen molar-refractivity contribution in [1.29, 1.82) is 0 Å². The molecule has 0 saturated carbocycles. The van der Waals surface area contributed by atoms with Gasteiger partial charge in [-0.15, -0.1) is 0 Å². The molecule has 2 aliphatic heterocycles. The zero-order chi connectivity index (χ0) is 12.9. The first kappa shape index (κ1) is 12.5. The lowest BCUT2D eigenvalue weighted by Gasteiger charge is -2.36. The molecule has 4 nitrogen and oxygen atoms in total. The first-order valence-electron chi connectivity index (χ1n) is 5.61. The molecule has 1 unspecified atom stereocenters. The van der Waals surface area contributed by atoms with E-state index in [0.717, 1.165) is 4.90 Å².